The van der Waals surface area contributed by atoms with Crippen LogP contribution in [-0.4, -0.2) is 19.7 Å². The van der Waals surface area contributed by atoms with Crippen molar-refractivity contribution in [1.82, 2.24) is 4.98 Å². The number of aryl methyl sites for hydroxylation is 1. The summed E-state index contributed by atoms with van der Waals surface area (Å²) < 4.78 is 28.4. The Morgan fingerprint density at radius 1 is 1.25 bits per heavy atom. The highest BCUT2D eigenvalue weighted by molar-refractivity contribution is 9.10. The SMILES string of the molecule is Cc1cc(N2C=NS(=O)(=O)c3cccnc32)ccc1Br. The van der Waals surface area contributed by atoms with Gasteiger partial charge in [-0.25, -0.2) is 4.98 Å². The van der Waals surface area contributed by atoms with Crippen LogP contribution in [0.2, 0.25) is 0 Å². The Balaban J connectivity index is 2.19. The van der Waals surface area contributed by atoms with Gasteiger partial charge in [-0.05, 0) is 42.8 Å². The van der Waals surface area contributed by atoms with Crippen LogP contribution in [0.4, 0.5) is 11.5 Å². The molecule has 1 aliphatic rings. The van der Waals surface area contributed by atoms with Crippen LogP contribution in [0.15, 0.2) is 50.3 Å². The molecule has 3 rings (SSSR count). The third kappa shape index (κ3) is 2.12. The smallest absolute Gasteiger partial charge is 0.283 e. The minimum absolute atomic E-state index is 0.114. The first kappa shape index (κ1) is 13.3. The first-order valence-corrected chi connectivity index (χ1v) is 8.03. The Bertz CT molecular complexity index is 818. The van der Waals surface area contributed by atoms with E-state index in [4.69, 9.17) is 0 Å². The number of hydrogen-bond acceptors (Lipinski definition) is 4. The van der Waals surface area contributed by atoms with Gasteiger partial charge in [-0.15, -0.1) is 4.40 Å². The lowest BCUT2D eigenvalue weighted by molar-refractivity contribution is 0.597. The standard InChI is InChI=1S/C13H10BrN3O2S/c1-9-7-10(4-5-11(9)14)17-8-16-20(18,19)12-3-2-6-15-13(12)17/h2-8H,1H3. The Hall–Kier alpha value is -1.73. The zero-order valence-electron chi connectivity index (χ0n) is 10.5. The molecular formula is C13H10BrN3O2S. The van der Waals surface area contributed by atoms with Gasteiger partial charge in [0.1, 0.15) is 11.2 Å². The van der Waals surface area contributed by atoms with Gasteiger partial charge in [-0.2, -0.15) is 8.42 Å². The molecule has 0 N–H and O–H groups in total. The molecule has 0 atom stereocenters. The van der Waals surface area contributed by atoms with Crippen molar-refractivity contribution >= 4 is 43.8 Å². The van der Waals surface area contributed by atoms with E-state index in [0.717, 1.165) is 15.7 Å². The molecule has 5 nitrogen and oxygen atoms in total. The van der Waals surface area contributed by atoms with Gasteiger partial charge in [0.25, 0.3) is 10.0 Å². The molecule has 0 saturated heterocycles. The molecular weight excluding hydrogens is 342 g/mol. The second-order valence-corrected chi connectivity index (χ2v) is 6.78. The molecule has 102 valence electrons. The Morgan fingerprint density at radius 3 is 2.80 bits per heavy atom. The molecule has 0 saturated carbocycles. The quantitative estimate of drug-likeness (QED) is 0.792. The van der Waals surface area contributed by atoms with Crippen molar-refractivity contribution in [3.8, 4) is 0 Å². The van der Waals surface area contributed by atoms with E-state index in [9.17, 15) is 8.42 Å². The second-order valence-electron chi connectivity index (χ2n) is 4.32. The highest BCUT2D eigenvalue weighted by atomic mass is 79.9. The van der Waals surface area contributed by atoms with E-state index in [1.807, 2.05) is 25.1 Å². The van der Waals surface area contributed by atoms with Crippen molar-refractivity contribution in [2.75, 3.05) is 4.90 Å². The van der Waals surface area contributed by atoms with Gasteiger partial charge in [-0.1, -0.05) is 15.9 Å². The number of halogens is 1. The summed E-state index contributed by atoms with van der Waals surface area (Å²) in [5.41, 5.74) is 1.85. The normalized spacial score (nSPS) is 16.0. The zero-order valence-corrected chi connectivity index (χ0v) is 12.9. The predicted molar refractivity (Wildman–Crippen MR) is 80.9 cm³/mol. The summed E-state index contributed by atoms with van der Waals surface area (Å²) in [5, 5.41) is 0. The van der Waals surface area contributed by atoms with Crippen molar-refractivity contribution < 1.29 is 8.42 Å². The van der Waals surface area contributed by atoms with Gasteiger partial charge in [0.15, 0.2) is 5.82 Å². The number of anilines is 2. The summed E-state index contributed by atoms with van der Waals surface area (Å²) in [6.07, 6.45) is 2.85. The lowest BCUT2D eigenvalue weighted by atomic mass is 10.2. The summed E-state index contributed by atoms with van der Waals surface area (Å²) >= 11 is 3.44. The monoisotopic (exact) mass is 351 g/mol. The Kier molecular flexibility index (Phi) is 3.10. The largest absolute Gasteiger partial charge is 0.287 e. The molecule has 0 aliphatic carbocycles. The minimum atomic E-state index is -3.65. The van der Waals surface area contributed by atoms with Gasteiger partial charge in [-0.3, -0.25) is 4.90 Å². The maximum Gasteiger partial charge on any atom is 0.287 e. The molecule has 1 aromatic carbocycles. The van der Waals surface area contributed by atoms with Crippen LogP contribution < -0.4 is 4.90 Å². The van der Waals surface area contributed by atoms with E-state index in [0.29, 0.717) is 5.82 Å². The Morgan fingerprint density at radius 2 is 2.05 bits per heavy atom. The topological polar surface area (TPSA) is 62.6 Å². The number of fused-ring (bicyclic) bond motifs is 1. The molecule has 0 spiro atoms. The van der Waals surface area contributed by atoms with Crippen molar-refractivity contribution in [3.63, 3.8) is 0 Å². The Labute approximate surface area is 125 Å². The predicted octanol–water partition coefficient (Wildman–Crippen LogP) is 3.02. The molecule has 1 aliphatic heterocycles. The zero-order chi connectivity index (χ0) is 14.3. The lowest BCUT2D eigenvalue weighted by Crippen LogP contribution is -2.23. The van der Waals surface area contributed by atoms with E-state index in [1.165, 1.54) is 12.4 Å². The molecule has 2 aromatic rings. The number of hydrogen-bond donors (Lipinski definition) is 0. The van der Waals surface area contributed by atoms with Crippen LogP contribution in [0.1, 0.15) is 5.56 Å². The number of pyridine rings is 1. The number of sulfonamides is 1. The third-order valence-corrected chi connectivity index (χ3v) is 5.11. The van der Waals surface area contributed by atoms with E-state index < -0.39 is 10.0 Å². The van der Waals surface area contributed by atoms with Gasteiger partial charge in [0, 0.05) is 16.4 Å². The van der Waals surface area contributed by atoms with E-state index >= 15 is 0 Å². The highest BCUT2D eigenvalue weighted by Crippen LogP contribution is 2.33. The summed E-state index contributed by atoms with van der Waals surface area (Å²) in [4.78, 5) is 5.95. The third-order valence-electron chi connectivity index (χ3n) is 2.98. The average Bonchev–Trinajstić information content (AvgIpc) is 2.43. The van der Waals surface area contributed by atoms with Crippen LogP contribution in [0.5, 0.6) is 0 Å². The highest BCUT2D eigenvalue weighted by Gasteiger charge is 2.27. The first-order chi connectivity index (χ1) is 9.49. The molecule has 1 aromatic heterocycles. The fourth-order valence-electron chi connectivity index (χ4n) is 1.95. The fraction of sp³-hybridized carbons (Fsp3) is 0.0769. The van der Waals surface area contributed by atoms with Crippen molar-refractivity contribution in [2.45, 2.75) is 11.8 Å². The molecule has 7 heteroatoms. The average molecular weight is 352 g/mol. The first-order valence-electron chi connectivity index (χ1n) is 5.80. The van der Waals surface area contributed by atoms with Crippen LogP contribution in [0, 0.1) is 6.92 Å². The van der Waals surface area contributed by atoms with Crippen LogP contribution in [-0.2, 0) is 10.0 Å². The fourth-order valence-corrected chi connectivity index (χ4v) is 3.16. The number of nitrogens with zero attached hydrogens (tertiary/aromatic N) is 3. The van der Waals surface area contributed by atoms with Gasteiger partial charge >= 0.3 is 0 Å². The second kappa shape index (κ2) is 4.68. The van der Waals surface area contributed by atoms with E-state index in [1.54, 1.807) is 17.2 Å². The number of aromatic nitrogens is 1. The molecule has 0 fully saturated rings. The summed E-state index contributed by atoms with van der Waals surface area (Å²) in [6.45, 7) is 1.96. The maximum absolute atomic E-state index is 11.9. The lowest BCUT2D eigenvalue weighted by Gasteiger charge is -2.24. The summed E-state index contributed by atoms with van der Waals surface area (Å²) in [5.74, 6) is 0.365. The van der Waals surface area contributed by atoms with Gasteiger partial charge in [0.05, 0.1) is 0 Å². The van der Waals surface area contributed by atoms with Gasteiger partial charge in [0.2, 0.25) is 0 Å². The van der Waals surface area contributed by atoms with Crippen LogP contribution in [0.25, 0.3) is 0 Å². The van der Waals surface area contributed by atoms with Crippen molar-refractivity contribution in [2.24, 2.45) is 4.40 Å². The molecule has 0 radical (unpaired) electrons. The van der Waals surface area contributed by atoms with Crippen molar-refractivity contribution in [3.05, 3.63) is 46.6 Å². The molecule has 2 heterocycles. The minimum Gasteiger partial charge on any atom is -0.283 e. The van der Waals surface area contributed by atoms with E-state index in [-0.39, 0.29) is 4.90 Å². The number of rotatable bonds is 1. The molecule has 0 bridgehead atoms. The summed E-state index contributed by atoms with van der Waals surface area (Å²) in [6, 6.07) is 8.81. The molecule has 0 amide bonds. The summed E-state index contributed by atoms with van der Waals surface area (Å²) in [7, 11) is -3.65. The van der Waals surface area contributed by atoms with E-state index in [2.05, 4.69) is 25.3 Å². The molecule has 20 heavy (non-hydrogen) atoms. The van der Waals surface area contributed by atoms with Gasteiger partial charge < -0.3 is 0 Å². The van der Waals surface area contributed by atoms with Crippen molar-refractivity contribution in [1.29, 1.82) is 0 Å². The van der Waals surface area contributed by atoms with Crippen LogP contribution >= 0.6 is 15.9 Å². The number of benzene rings is 1. The van der Waals surface area contributed by atoms with Crippen LogP contribution in [0.3, 0.4) is 0 Å². The maximum atomic E-state index is 11.9. The molecule has 0 unspecified atom stereocenters.